The summed E-state index contributed by atoms with van der Waals surface area (Å²) in [7, 11) is 0. The maximum absolute atomic E-state index is 12.2. The van der Waals surface area contributed by atoms with Crippen LogP contribution in [0.3, 0.4) is 0 Å². The van der Waals surface area contributed by atoms with E-state index in [1.54, 1.807) is 0 Å². The zero-order chi connectivity index (χ0) is 13.0. The van der Waals surface area contributed by atoms with Crippen LogP contribution in [0.15, 0.2) is 0 Å². The van der Waals surface area contributed by atoms with E-state index in [0.717, 1.165) is 38.8 Å². The number of carbonyl (C=O) groups excluding carboxylic acids is 1. The number of nitrogens with one attached hydrogen (secondary N) is 2. The van der Waals surface area contributed by atoms with Gasteiger partial charge in [-0.2, -0.15) is 0 Å². The van der Waals surface area contributed by atoms with Crippen molar-refractivity contribution in [3.63, 3.8) is 0 Å². The van der Waals surface area contributed by atoms with Crippen molar-refractivity contribution in [3.8, 4) is 0 Å². The summed E-state index contributed by atoms with van der Waals surface area (Å²) in [5, 5.41) is 6.40. The van der Waals surface area contributed by atoms with Crippen LogP contribution in [0.25, 0.3) is 0 Å². The lowest BCUT2D eigenvalue weighted by molar-refractivity contribution is -0.127. The van der Waals surface area contributed by atoms with Gasteiger partial charge < -0.3 is 15.4 Å². The van der Waals surface area contributed by atoms with E-state index in [9.17, 15) is 4.79 Å². The summed E-state index contributed by atoms with van der Waals surface area (Å²) < 4.78 is 5.63. The molecule has 2 atom stereocenters. The third-order valence-electron chi connectivity index (χ3n) is 4.17. The van der Waals surface area contributed by atoms with Gasteiger partial charge in [0.2, 0.25) is 5.91 Å². The van der Waals surface area contributed by atoms with Gasteiger partial charge in [-0.1, -0.05) is 13.8 Å². The monoisotopic (exact) mass is 254 g/mol. The normalized spacial score (nSPS) is 31.9. The highest BCUT2D eigenvalue weighted by Gasteiger charge is 2.37. The van der Waals surface area contributed by atoms with Gasteiger partial charge in [-0.25, -0.2) is 0 Å². The summed E-state index contributed by atoms with van der Waals surface area (Å²) in [6.07, 6.45) is 5.92. The van der Waals surface area contributed by atoms with Crippen molar-refractivity contribution in [2.24, 2.45) is 5.41 Å². The van der Waals surface area contributed by atoms with Gasteiger partial charge in [-0.15, -0.1) is 0 Å². The Hall–Kier alpha value is -0.610. The van der Waals surface area contributed by atoms with Crippen molar-refractivity contribution in [1.29, 1.82) is 0 Å². The molecule has 0 bridgehead atoms. The molecule has 0 aromatic carbocycles. The largest absolute Gasteiger partial charge is 0.376 e. The summed E-state index contributed by atoms with van der Waals surface area (Å²) >= 11 is 0. The van der Waals surface area contributed by atoms with Crippen molar-refractivity contribution < 1.29 is 9.53 Å². The Kier molecular flexibility index (Phi) is 4.62. The molecule has 2 heterocycles. The Balaban J connectivity index is 1.79. The Labute approximate surface area is 110 Å². The molecule has 0 spiro atoms. The van der Waals surface area contributed by atoms with E-state index in [4.69, 9.17) is 4.74 Å². The first kappa shape index (κ1) is 13.8. The standard InChI is InChI=1S/C14H26N2O2/c1-14(2)7-5-8-15-12(14)13(17)16-10-11-6-3-4-9-18-11/h11-12,15H,3-10H2,1-2H3,(H,16,17). The molecule has 2 unspecified atom stereocenters. The molecule has 2 rings (SSSR count). The van der Waals surface area contributed by atoms with Crippen LogP contribution in [0, 0.1) is 5.41 Å². The average Bonchev–Trinajstić information content (AvgIpc) is 2.37. The number of hydrogen-bond acceptors (Lipinski definition) is 3. The lowest BCUT2D eigenvalue weighted by Crippen LogP contribution is -2.56. The smallest absolute Gasteiger partial charge is 0.237 e. The molecule has 2 aliphatic rings. The van der Waals surface area contributed by atoms with Crippen LogP contribution in [0.4, 0.5) is 0 Å². The second kappa shape index (κ2) is 6.02. The molecule has 2 N–H and O–H groups in total. The van der Waals surface area contributed by atoms with E-state index in [-0.39, 0.29) is 23.5 Å². The maximum atomic E-state index is 12.2. The molecule has 104 valence electrons. The van der Waals surface area contributed by atoms with E-state index in [1.165, 1.54) is 6.42 Å². The molecule has 2 fully saturated rings. The van der Waals surface area contributed by atoms with Gasteiger partial charge in [-0.05, 0) is 44.1 Å². The number of rotatable bonds is 3. The highest BCUT2D eigenvalue weighted by Crippen LogP contribution is 2.30. The summed E-state index contributed by atoms with van der Waals surface area (Å²) in [6, 6.07) is -0.0603. The topological polar surface area (TPSA) is 50.4 Å². The van der Waals surface area contributed by atoms with Crippen LogP contribution >= 0.6 is 0 Å². The molecule has 0 saturated carbocycles. The summed E-state index contributed by atoms with van der Waals surface area (Å²) in [5.74, 6) is 0.133. The molecule has 18 heavy (non-hydrogen) atoms. The van der Waals surface area contributed by atoms with Gasteiger partial charge in [0.15, 0.2) is 0 Å². The minimum absolute atomic E-state index is 0.0513. The highest BCUT2D eigenvalue weighted by atomic mass is 16.5. The van der Waals surface area contributed by atoms with Crippen molar-refractivity contribution >= 4 is 5.91 Å². The summed E-state index contributed by atoms with van der Waals surface area (Å²) in [6.45, 7) is 6.78. The average molecular weight is 254 g/mol. The van der Waals surface area contributed by atoms with Gasteiger partial charge >= 0.3 is 0 Å². The first-order valence-electron chi connectivity index (χ1n) is 7.22. The fourth-order valence-corrected chi connectivity index (χ4v) is 2.94. The highest BCUT2D eigenvalue weighted by molar-refractivity contribution is 5.82. The predicted molar refractivity (Wildman–Crippen MR) is 71.4 cm³/mol. The Bertz CT molecular complexity index is 286. The molecular weight excluding hydrogens is 228 g/mol. The number of amides is 1. The van der Waals surface area contributed by atoms with Gasteiger partial charge in [0, 0.05) is 13.2 Å². The van der Waals surface area contributed by atoms with Crippen LogP contribution < -0.4 is 10.6 Å². The van der Waals surface area contributed by atoms with Crippen molar-refractivity contribution in [2.75, 3.05) is 19.7 Å². The lowest BCUT2D eigenvalue weighted by Gasteiger charge is -2.38. The number of hydrogen-bond donors (Lipinski definition) is 2. The molecule has 4 nitrogen and oxygen atoms in total. The van der Waals surface area contributed by atoms with Crippen LogP contribution in [-0.2, 0) is 9.53 Å². The fraction of sp³-hybridized carbons (Fsp3) is 0.929. The maximum Gasteiger partial charge on any atom is 0.237 e. The molecule has 2 saturated heterocycles. The van der Waals surface area contributed by atoms with Gasteiger partial charge in [-0.3, -0.25) is 4.79 Å². The van der Waals surface area contributed by atoms with Crippen molar-refractivity contribution in [3.05, 3.63) is 0 Å². The predicted octanol–water partition coefficient (Wildman–Crippen LogP) is 1.45. The zero-order valence-electron chi connectivity index (χ0n) is 11.6. The zero-order valence-corrected chi connectivity index (χ0v) is 11.6. The second-order valence-electron chi connectivity index (χ2n) is 6.21. The molecular formula is C14H26N2O2. The number of piperidine rings is 1. The molecule has 1 amide bonds. The molecule has 0 aromatic rings. The van der Waals surface area contributed by atoms with Crippen LogP contribution in [0.2, 0.25) is 0 Å². The van der Waals surface area contributed by atoms with Crippen molar-refractivity contribution in [1.82, 2.24) is 10.6 Å². The summed E-state index contributed by atoms with van der Waals surface area (Å²) in [5.41, 5.74) is 0.0513. The summed E-state index contributed by atoms with van der Waals surface area (Å²) in [4.78, 5) is 12.2. The van der Waals surface area contributed by atoms with Gasteiger partial charge in [0.25, 0.3) is 0 Å². The third kappa shape index (κ3) is 3.45. The number of ether oxygens (including phenoxy) is 1. The second-order valence-corrected chi connectivity index (χ2v) is 6.21. The SMILES string of the molecule is CC1(C)CCCNC1C(=O)NCC1CCCCO1. The van der Waals surface area contributed by atoms with E-state index in [0.29, 0.717) is 6.54 Å². The van der Waals surface area contributed by atoms with E-state index in [1.807, 2.05) is 0 Å². The fourth-order valence-electron chi connectivity index (χ4n) is 2.94. The molecule has 0 radical (unpaired) electrons. The minimum Gasteiger partial charge on any atom is -0.376 e. The van der Waals surface area contributed by atoms with E-state index < -0.39 is 0 Å². The minimum atomic E-state index is -0.0603. The van der Waals surface area contributed by atoms with Crippen molar-refractivity contribution in [2.45, 2.75) is 58.1 Å². The Morgan fingerprint density at radius 2 is 2.22 bits per heavy atom. The van der Waals surface area contributed by atoms with Gasteiger partial charge in [0.05, 0.1) is 12.1 Å². The quantitative estimate of drug-likeness (QED) is 0.801. The van der Waals surface area contributed by atoms with Crippen LogP contribution in [-0.4, -0.2) is 37.7 Å². The first-order valence-corrected chi connectivity index (χ1v) is 7.22. The Morgan fingerprint density at radius 1 is 1.39 bits per heavy atom. The first-order chi connectivity index (χ1) is 8.59. The molecule has 0 aromatic heterocycles. The van der Waals surface area contributed by atoms with Crippen LogP contribution in [0.5, 0.6) is 0 Å². The lowest BCUT2D eigenvalue weighted by atomic mass is 9.77. The molecule has 4 heteroatoms. The van der Waals surface area contributed by atoms with Crippen LogP contribution in [0.1, 0.15) is 46.0 Å². The van der Waals surface area contributed by atoms with E-state index >= 15 is 0 Å². The molecule has 0 aliphatic carbocycles. The van der Waals surface area contributed by atoms with E-state index in [2.05, 4.69) is 24.5 Å². The molecule has 2 aliphatic heterocycles. The third-order valence-corrected chi connectivity index (χ3v) is 4.17. The van der Waals surface area contributed by atoms with Gasteiger partial charge in [0.1, 0.15) is 0 Å². The Morgan fingerprint density at radius 3 is 2.89 bits per heavy atom. The number of carbonyl (C=O) groups is 1.